The summed E-state index contributed by atoms with van der Waals surface area (Å²) in [7, 11) is -7.48. The molecule has 210 valence electrons. The van der Waals surface area contributed by atoms with Gasteiger partial charge in [-0.3, -0.25) is 14.1 Å². The zero-order chi connectivity index (χ0) is 28.3. The summed E-state index contributed by atoms with van der Waals surface area (Å²) in [6, 6.07) is 3.96. The van der Waals surface area contributed by atoms with Crippen LogP contribution in [0.1, 0.15) is 60.8 Å². The topological polar surface area (TPSA) is 137 Å². The Balaban J connectivity index is 1.77. The third-order valence-corrected chi connectivity index (χ3v) is 9.28. The molecule has 1 amide bonds. The van der Waals surface area contributed by atoms with E-state index in [1.807, 2.05) is 20.8 Å². The summed E-state index contributed by atoms with van der Waals surface area (Å²) in [5.41, 5.74) is 0.0946. The van der Waals surface area contributed by atoms with Gasteiger partial charge in [0.1, 0.15) is 11.3 Å². The molecule has 3 N–H and O–H groups in total. The molecule has 2 unspecified atom stereocenters. The average molecular weight is 567 g/mol. The van der Waals surface area contributed by atoms with Crippen LogP contribution in [0.3, 0.4) is 0 Å². The molecule has 0 spiro atoms. The fraction of sp³-hybridized carbons (Fsp3) is 0.615. The third-order valence-electron chi connectivity index (χ3n) is 6.73. The number of hydrogen-bond donors (Lipinski definition) is 3. The van der Waals surface area contributed by atoms with Gasteiger partial charge < -0.3 is 19.8 Å². The van der Waals surface area contributed by atoms with Gasteiger partial charge in [-0.25, -0.2) is 8.42 Å². The average Bonchev–Trinajstić information content (AvgIpc) is 3.53. The molecule has 3 aliphatic rings. The molecule has 1 aromatic rings. The Bertz CT molecular complexity index is 1350. The number of anilines is 2. The van der Waals surface area contributed by atoms with Gasteiger partial charge in [0.05, 0.1) is 29.9 Å². The predicted molar refractivity (Wildman–Crippen MR) is 151 cm³/mol. The van der Waals surface area contributed by atoms with Crippen molar-refractivity contribution in [1.82, 2.24) is 4.90 Å². The number of rotatable bonds is 8. The van der Waals surface area contributed by atoms with Gasteiger partial charge in [0, 0.05) is 12.2 Å². The van der Waals surface area contributed by atoms with Crippen molar-refractivity contribution in [1.29, 1.82) is 0 Å². The molecule has 4 rings (SSSR count). The standard InChI is InChI=1S/C26H39N4O6PS/c1-25(2,3)12-13-30-22(26(4,5)6)21(31)20(24(30)32)23-27-18-11-10-17(29-38(7,34)35)14-19(18)37(33,28-23)36-15-16-8-9-16/h10-11,14,16,22,29,31H,8-9,12-13,15H2,1-7H3,(H,27,28,33). The molecule has 0 bridgehead atoms. The van der Waals surface area contributed by atoms with Crippen LogP contribution in [-0.4, -0.2) is 55.6 Å². The number of hydrogen-bond acceptors (Lipinski definition) is 7. The summed E-state index contributed by atoms with van der Waals surface area (Å²) in [6.07, 6.45) is 3.70. The number of fused-ring (bicyclic) bond motifs is 1. The van der Waals surface area contributed by atoms with Crippen LogP contribution in [0.2, 0.25) is 0 Å². The van der Waals surface area contributed by atoms with Crippen molar-refractivity contribution in [2.24, 2.45) is 21.5 Å². The normalized spacial score (nSPS) is 24.3. The fourth-order valence-corrected chi connectivity index (χ4v) is 7.05. The van der Waals surface area contributed by atoms with E-state index in [4.69, 9.17) is 4.52 Å². The highest BCUT2D eigenvalue weighted by Crippen LogP contribution is 2.54. The van der Waals surface area contributed by atoms with Crippen molar-refractivity contribution in [2.45, 2.75) is 66.8 Å². The lowest BCUT2D eigenvalue weighted by molar-refractivity contribution is -0.128. The maximum atomic E-state index is 14.2. The molecule has 1 aromatic carbocycles. The van der Waals surface area contributed by atoms with E-state index in [9.17, 15) is 22.9 Å². The van der Waals surface area contributed by atoms with Crippen LogP contribution in [0.5, 0.6) is 0 Å². The molecule has 1 saturated carbocycles. The lowest BCUT2D eigenvalue weighted by Crippen LogP contribution is -2.45. The maximum absolute atomic E-state index is 14.2. The maximum Gasteiger partial charge on any atom is 0.348 e. The molecular formula is C26H39N4O6PS. The first-order chi connectivity index (χ1) is 17.4. The summed E-state index contributed by atoms with van der Waals surface area (Å²) in [6.45, 7) is 12.8. The summed E-state index contributed by atoms with van der Waals surface area (Å²) in [4.78, 5) is 15.5. The van der Waals surface area contributed by atoms with E-state index in [0.717, 1.165) is 25.5 Å². The first-order valence-electron chi connectivity index (χ1n) is 12.9. The molecule has 1 fully saturated rings. The second-order valence-electron chi connectivity index (χ2n) is 12.8. The minimum atomic E-state index is -3.92. The van der Waals surface area contributed by atoms with Gasteiger partial charge in [-0.15, -0.1) is 0 Å². The van der Waals surface area contributed by atoms with Crippen LogP contribution in [-0.2, 0) is 23.9 Å². The van der Waals surface area contributed by atoms with E-state index in [2.05, 4.69) is 35.6 Å². The van der Waals surface area contributed by atoms with E-state index in [1.165, 1.54) is 12.1 Å². The highest BCUT2D eigenvalue weighted by Gasteiger charge is 2.49. The number of nitrogens with one attached hydrogen (secondary N) is 2. The van der Waals surface area contributed by atoms with Crippen molar-refractivity contribution in [2.75, 3.05) is 29.4 Å². The van der Waals surface area contributed by atoms with E-state index in [0.29, 0.717) is 12.2 Å². The lowest BCUT2D eigenvalue weighted by atomic mass is 9.84. The minimum Gasteiger partial charge on any atom is -0.509 e. The number of nitrogens with zero attached hydrogens (tertiary/aromatic N) is 2. The Kier molecular flexibility index (Phi) is 7.30. The first-order valence-corrected chi connectivity index (χ1v) is 16.3. The Morgan fingerprint density at radius 2 is 1.87 bits per heavy atom. The second kappa shape index (κ2) is 9.68. The van der Waals surface area contributed by atoms with Gasteiger partial charge in [-0.05, 0) is 54.2 Å². The van der Waals surface area contributed by atoms with Gasteiger partial charge in [-0.1, -0.05) is 41.5 Å². The van der Waals surface area contributed by atoms with Gasteiger partial charge in [0.15, 0.2) is 5.84 Å². The van der Waals surface area contributed by atoms with Crippen LogP contribution in [0, 0.1) is 16.7 Å². The number of benzene rings is 1. The van der Waals surface area contributed by atoms with Crippen LogP contribution in [0.25, 0.3) is 0 Å². The molecule has 38 heavy (non-hydrogen) atoms. The summed E-state index contributed by atoms with van der Waals surface area (Å²) < 4.78 is 50.5. The van der Waals surface area contributed by atoms with Crippen molar-refractivity contribution in [3.63, 3.8) is 0 Å². The zero-order valence-corrected chi connectivity index (χ0v) is 24.9. The highest BCUT2D eigenvalue weighted by molar-refractivity contribution is 7.92. The van der Waals surface area contributed by atoms with Crippen LogP contribution < -0.4 is 15.3 Å². The van der Waals surface area contributed by atoms with E-state index >= 15 is 0 Å². The molecule has 0 saturated heterocycles. The Labute approximate surface area is 225 Å². The molecule has 0 aromatic heterocycles. The monoisotopic (exact) mass is 566 g/mol. The van der Waals surface area contributed by atoms with Crippen LogP contribution >= 0.6 is 7.52 Å². The molecule has 2 atom stereocenters. The number of amides is 1. The van der Waals surface area contributed by atoms with Crippen LogP contribution in [0.4, 0.5) is 11.4 Å². The SMILES string of the molecule is CC(C)(C)CCN1C(=O)C(C2=NP(=O)(OCC3CC3)c3cc(NS(C)(=O)=O)ccc3N2)=C(O)C1C(C)(C)C. The zero-order valence-electron chi connectivity index (χ0n) is 23.2. The smallest absolute Gasteiger partial charge is 0.348 e. The number of aliphatic hydroxyl groups is 1. The first kappa shape index (κ1) is 28.6. The highest BCUT2D eigenvalue weighted by atomic mass is 32.2. The predicted octanol–water partition coefficient (Wildman–Crippen LogP) is 4.63. The molecular weight excluding hydrogens is 527 g/mol. The second-order valence-corrected chi connectivity index (χ2v) is 16.5. The molecule has 2 heterocycles. The van der Waals surface area contributed by atoms with Gasteiger partial charge in [0.2, 0.25) is 10.0 Å². The third kappa shape index (κ3) is 6.26. The molecule has 0 radical (unpaired) electrons. The van der Waals surface area contributed by atoms with Crippen molar-refractivity contribution >= 4 is 46.0 Å². The van der Waals surface area contributed by atoms with Gasteiger partial charge in [-0.2, -0.15) is 4.76 Å². The summed E-state index contributed by atoms with van der Waals surface area (Å²) in [5.74, 6) is -0.217. The quantitative estimate of drug-likeness (QED) is 0.390. The van der Waals surface area contributed by atoms with Crippen molar-refractivity contribution in [3.05, 3.63) is 29.5 Å². The Morgan fingerprint density at radius 1 is 1.21 bits per heavy atom. The lowest BCUT2D eigenvalue weighted by Gasteiger charge is -2.36. The summed E-state index contributed by atoms with van der Waals surface area (Å²) in [5, 5.41) is 14.7. The van der Waals surface area contributed by atoms with Crippen molar-refractivity contribution in [3.8, 4) is 0 Å². The summed E-state index contributed by atoms with van der Waals surface area (Å²) >= 11 is 0. The number of carbonyl (C=O) groups is 1. The van der Waals surface area contributed by atoms with E-state index in [1.54, 1.807) is 11.0 Å². The number of sulfonamides is 1. The molecule has 12 heteroatoms. The van der Waals surface area contributed by atoms with E-state index < -0.39 is 29.0 Å². The van der Waals surface area contributed by atoms with E-state index in [-0.39, 0.29) is 52.0 Å². The van der Waals surface area contributed by atoms with Crippen LogP contribution in [0.15, 0.2) is 34.3 Å². The largest absolute Gasteiger partial charge is 0.509 e. The van der Waals surface area contributed by atoms with Crippen molar-refractivity contribution < 1.29 is 27.4 Å². The number of amidine groups is 1. The Hall–Kier alpha value is -2.36. The molecule has 2 aliphatic heterocycles. The number of aliphatic hydroxyl groups excluding tert-OH is 1. The van der Waals surface area contributed by atoms with Gasteiger partial charge in [0.25, 0.3) is 5.91 Å². The Morgan fingerprint density at radius 3 is 2.42 bits per heavy atom. The minimum absolute atomic E-state index is 0.00420. The number of carbonyl (C=O) groups excluding carboxylic acids is 1. The molecule has 1 aliphatic carbocycles. The van der Waals surface area contributed by atoms with Gasteiger partial charge >= 0.3 is 7.52 Å². The molecule has 10 nitrogen and oxygen atoms in total. The fourth-order valence-electron chi connectivity index (χ4n) is 4.63.